The standard InChI is InChI=1S/C19H27NO5/c1-13-7-8-16(25-13)9-10-18(21)20-12-15(19(22)23)11-14-5-3-4-6-17(14)24-2/h3-6,13,15-16H,7-12H2,1-2H3,(H,20,21)(H,22,23). The zero-order valence-electron chi connectivity index (χ0n) is 14.9. The van der Waals surface area contributed by atoms with Crippen molar-refractivity contribution in [2.75, 3.05) is 13.7 Å². The van der Waals surface area contributed by atoms with Gasteiger partial charge in [-0.2, -0.15) is 0 Å². The minimum Gasteiger partial charge on any atom is -0.496 e. The number of hydrogen-bond donors (Lipinski definition) is 2. The van der Waals surface area contributed by atoms with E-state index in [9.17, 15) is 14.7 Å². The van der Waals surface area contributed by atoms with Crippen LogP contribution in [0.25, 0.3) is 0 Å². The van der Waals surface area contributed by atoms with E-state index in [-0.39, 0.29) is 24.7 Å². The maximum Gasteiger partial charge on any atom is 0.308 e. The summed E-state index contributed by atoms with van der Waals surface area (Å²) in [6, 6.07) is 7.33. The van der Waals surface area contributed by atoms with Crippen molar-refractivity contribution in [3.63, 3.8) is 0 Å². The third-order valence-electron chi connectivity index (χ3n) is 4.57. The van der Waals surface area contributed by atoms with E-state index < -0.39 is 11.9 Å². The minimum absolute atomic E-state index is 0.105. The van der Waals surface area contributed by atoms with E-state index in [2.05, 4.69) is 5.32 Å². The van der Waals surface area contributed by atoms with Gasteiger partial charge in [-0.25, -0.2) is 0 Å². The predicted octanol–water partition coefficient (Wildman–Crippen LogP) is 2.40. The first kappa shape index (κ1) is 19.2. The summed E-state index contributed by atoms with van der Waals surface area (Å²) in [5.74, 6) is -1.09. The number of methoxy groups -OCH3 is 1. The van der Waals surface area contributed by atoms with E-state index in [0.717, 1.165) is 18.4 Å². The van der Waals surface area contributed by atoms with Crippen molar-refractivity contribution in [3.8, 4) is 5.75 Å². The first-order valence-electron chi connectivity index (χ1n) is 8.76. The van der Waals surface area contributed by atoms with Crippen LogP contribution < -0.4 is 10.1 Å². The molecule has 1 amide bonds. The highest BCUT2D eigenvalue weighted by atomic mass is 16.5. The van der Waals surface area contributed by atoms with Gasteiger partial charge in [-0.1, -0.05) is 18.2 Å². The summed E-state index contributed by atoms with van der Waals surface area (Å²) in [7, 11) is 1.56. The molecule has 0 saturated carbocycles. The minimum atomic E-state index is -0.931. The van der Waals surface area contributed by atoms with Crippen molar-refractivity contribution >= 4 is 11.9 Å². The summed E-state index contributed by atoms with van der Waals surface area (Å²) in [5.41, 5.74) is 0.819. The highest BCUT2D eigenvalue weighted by Gasteiger charge is 2.23. The van der Waals surface area contributed by atoms with Crippen LogP contribution in [0.5, 0.6) is 5.75 Å². The lowest BCUT2D eigenvalue weighted by Gasteiger charge is -2.16. The molecule has 0 aromatic heterocycles. The summed E-state index contributed by atoms with van der Waals surface area (Å²) >= 11 is 0. The molecule has 3 unspecified atom stereocenters. The third-order valence-corrected chi connectivity index (χ3v) is 4.57. The van der Waals surface area contributed by atoms with Gasteiger partial charge >= 0.3 is 5.97 Å². The number of nitrogens with one attached hydrogen (secondary N) is 1. The number of para-hydroxylation sites is 1. The molecule has 1 aliphatic rings. The van der Waals surface area contributed by atoms with Gasteiger partial charge in [-0.15, -0.1) is 0 Å². The average Bonchev–Trinajstić information content (AvgIpc) is 3.02. The Morgan fingerprint density at radius 1 is 1.36 bits per heavy atom. The van der Waals surface area contributed by atoms with Gasteiger partial charge in [-0.3, -0.25) is 9.59 Å². The molecule has 1 aromatic carbocycles. The van der Waals surface area contributed by atoms with E-state index in [1.54, 1.807) is 13.2 Å². The number of carboxylic acids is 1. The van der Waals surface area contributed by atoms with Crippen LogP contribution >= 0.6 is 0 Å². The highest BCUT2D eigenvalue weighted by molar-refractivity contribution is 5.77. The molecule has 1 fully saturated rings. The first-order valence-corrected chi connectivity index (χ1v) is 8.76. The van der Waals surface area contributed by atoms with E-state index in [1.165, 1.54) is 0 Å². The van der Waals surface area contributed by atoms with Crippen LogP contribution in [-0.4, -0.2) is 42.8 Å². The molecule has 2 rings (SSSR count). The fourth-order valence-electron chi connectivity index (χ4n) is 3.10. The lowest BCUT2D eigenvalue weighted by Crippen LogP contribution is -2.34. The van der Waals surface area contributed by atoms with Crippen LogP contribution in [0.15, 0.2) is 24.3 Å². The van der Waals surface area contributed by atoms with Crippen molar-refractivity contribution < 1.29 is 24.2 Å². The second-order valence-electron chi connectivity index (χ2n) is 6.54. The van der Waals surface area contributed by atoms with Gasteiger partial charge in [0.15, 0.2) is 0 Å². The molecule has 0 bridgehead atoms. The van der Waals surface area contributed by atoms with Gasteiger partial charge in [-0.05, 0) is 44.2 Å². The molecular weight excluding hydrogens is 322 g/mol. The predicted molar refractivity (Wildman–Crippen MR) is 93.6 cm³/mol. The quantitative estimate of drug-likeness (QED) is 0.715. The number of benzene rings is 1. The van der Waals surface area contributed by atoms with Gasteiger partial charge in [0, 0.05) is 13.0 Å². The van der Waals surface area contributed by atoms with Crippen LogP contribution in [0.3, 0.4) is 0 Å². The van der Waals surface area contributed by atoms with Gasteiger partial charge in [0.25, 0.3) is 0 Å². The maximum absolute atomic E-state index is 12.0. The molecule has 0 spiro atoms. The maximum atomic E-state index is 12.0. The molecule has 6 heteroatoms. The van der Waals surface area contributed by atoms with E-state index >= 15 is 0 Å². The molecule has 1 aliphatic heterocycles. The van der Waals surface area contributed by atoms with Crippen LogP contribution in [0.1, 0.15) is 38.2 Å². The Morgan fingerprint density at radius 2 is 2.12 bits per heavy atom. The molecule has 1 aromatic rings. The summed E-state index contributed by atoms with van der Waals surface area (Å²) in [6.45, 7) is 2.14. The summed E-state index contributed by atoms with van der Waals surface area (Å²) < 4.78 is 11.0. The molecule has 6 nitrogen and oxygen atoms in total. The largest absolute Gasteiger partial charge is 0.496 e. The molecule has 3 atom stereocenters. The van der Waals surface area contributed by atoms with Crippen molar-refractivity contribution in [2.24, 2.45) is 5.92 Å². The summed E-state index contributed by atoms with van der Waals surface area (Å²) in [6.07, 6.45) is 3.78. The molecule has 0 radical (unpaired) electrons. The number of amides is 1. The van der Waals surface area contributed by atoms with Crippen LogP contribution in [0.2, 0.25) is 0 Å². The van der Waals surface area contributed by atoms with Crippen molar-refractivity contribution in [2.45, 2.75) is 51.2 Å². The zero-order chi connectivity index (χ0) is 18.2. The SMILES string of the molecule is COc1ccccc1CC(CNC(=O)CCC1CCC(C)O1)C(=O)O. The van der Waals surface area contributed by atoms with Gasteiger partial charge in [0.05, 0.1) is 25.2 Å². The Morgan fingerprint density at radius 3 is 2.76 bits per heavy atom. The number of ether oxygens (including phenoxy) is 2. The molecule has 138 valence electrons. The van der Waals surface area contributed by atoms with E-state index in [0.29, 0.717) is 25.0 Å². The third kappa shape index (κ3) is 6.05. The number of carboxylic acid groups (broad SMARTS) is 1. The number of hydrogen-bond acceptors (Lipinski definition) is 4. The Hall–Kier alpha value is -2.08. The smallest absolute Gasteiger partial charge is 0.308 e. The number of rotatable bonds is 9. The second-order valence-corrected chi connectivity index (χ2v) is 6.54. The number of carbonyl (C=O) groups is 2. The topological polar surface area (TPSA) is 84.9 Å². The highest BCUT2D eigenvalue weighted by Crippen LogP contribution is 2.23. The molecule has 1 saturated heterocycles. The van der Waals surface area contributed by atoms with Crippen molar-refractivity contribution in [3.05, 3.63) is 29.8 Å². The van der Waals surface area contributed by atoms with Crippen molar-refractivity contribution in [1.29, 1.82) is 0 Å². The van der Waals surface area contributed by atoms with Gasteiger partial charge < -0.3 is 19.9 Å². The Bertz CT molecular complexity index is 589. The first-order chi connectivity index (χ1) is 12.0. The van der Waals surface area contributed by atoms with Gasteiger partial charge in [0.1, 0.15) is 5.75 Å². The normalized spacial score (nSPS) is 20.9. The molecular formula is C19H27NO5. The average molecular weight is 349 g/mol. The number of carbonyl (C=O) groups excluding carboxylic acids is 1. The monoisotopic (exact) mass is 349 g/mol. The Labute approximate surface area is 148 Å². The molecule has 2 N–H and O–H groups in total. The van der Waals surface area contributed by atoms with Crippen molar-refractivity contribution in [1.82, 2.24) is 5.32 Å². The fourth-order valence-corrected chi connectivity index (χ4v) is 3.10. The van der Waals surface area contributed by atoms with Crippen LogP contribution in [0.4, 0.5) is 0 Å². The van der Waals surface area contributed by atoms with E-state index in [1.807, 2.05) is 25.1 Å². The van der Waals surface area contributed by atoms with E-state index in [4.69, 9.17) is 9.47 Å². The van der Waals surface area contributed by atoms with Crippen LogP contribution in [0, 0.1) is 5.92 Å². The Kier molecular flexibility index (Phi) is 7.25. The molecule has 25 heavy (non-hydrogen) atoms. The second kappa shape index (κ2) is 9.42. The zero-order valence-corrected chi connectivity index (χ0v) is 14.9. The summed E-state index contributed by atoms with van der Waals surface area (Å²) in [4.78, 5) is 23.5. The van der Waals surface area contributed by atoms with Gasteiger partial charge in [0.2, 0.25) is 5.91 Å². The number of aliphatic carboxylic acids is 1. The Balaban J connectivity index is 1.80. The lowest BCUT2D eigenvalue weighted by molar-refractivity contribution is -0.141. The fraction of sp³-hybridized carbons (Fsp3) is 0.579. The lowest BCUT2D eigenvalue weighted by atomic mass is 9.98. The molecule has 0 aliphatic carbocycles. The molecule has 1 heterocycles. The van der Waals surface area contributed by atoms with Crippen LogP contribution in [-0.2, 0) is 20.7 Å². The summed E-state index contributed by atoms with van der Waals surface area (Å²) in [5, 5.41) is 12.2.